The number of rotatable bonds is 6. The first-order chi connectivity index (χ1) is 17.8. The third kappa shape index (κ3) is 4.28. The van der Waals surface area contributed by atoms with Crippen LogP contribution in [0.4, 0.5) is 0 Å². The van der Waals surface area contributed by atoms with Crippen LogP contribution in [0.3, 0.4) is 0 Å². The Kier molecular flexibility index (Phi) is 6.33. The van der Waals surface area contributed by atoms with Gasteiger partial charge in [0.15, 0.2) is 0 Å². The lowest BCUT2D eigenvalue weighted by atomic mass is 10.0. The Bertz CT molecular complexity index is 1820. The maximum atomic E-state index is 13.3. The molecule has 0 atom stereocenters. The first kappa shape index (κ1) is 24.4. The van der Waals surface area contributed by atoms with Crippen LogP contribution in [0.25, 0.3) is 32.2 Å². The lowest BCUT2D eigenvalue weighted by molar-refractivity contribution is 0.0699. The molecule has 11 heteroatoms. The molecule has 0 fully saturated rings. The van der Waals surface area contributed by atoms with Crippen LogP contribution in [-0.2, 0) is 6.54 Å². The molecule has 0 bridgehead atoms. The average molecular weight is 532 g/mol. The van der Waals surface area contributed by atoms with Gasteiger partial charge in [-0.15, -0.1) is 11.3 Å². The summed E-state index contributed by atoms with van der Waals surface area (Å²) in [6.45, 7) is 3.79. The van der Waals surface area contributed by atoms with Crippen molar-refractivity contribution in [3.63, 3.8) is 0 Å². The maximum Gasteiger partial charge on any atom is 0.338 e. The first-order valence-electron chi connectivity index (χ1n) is 11.1. The number of benzene rings is 1. The lowest BCUT2D eigenvalue weighted by Gasteiger charge is -2.15. The largest absolute Gasteiger partial charge is 0.491 e. The number of carboxylic acid groups (broad SMARTS) is 1. The van der Waals surface area contributed by atoms with E-state index < -0.39 is 5.97 Å². The minimum Gasteiger partial charge on any atom is -0.491 e. The standard InChI is InChI=1S/C26H18ClN5O4S/c1-13-22-21(15(10-28)11-30-13)25(33)32(14(2)31-22)7-8-36-20-4-3-16(27)9-18(20)17-5-6-29-23-19(26(34)35)12-37-24(17)23/h3-6,9,11-12H,7-8H2,1-2H3,(H,34,35). The number of halogens is 1. The third-order valence-electron chi connectivity index (χ3n) is 5.97. The number of carboxylic acids is 1. The van der Waals surface area contributed by atoms with Gasteiger partial charge < -0.3 is 9.84 Å². The number of ether oxygens (including phenoxy) is 1. The monoisotopic (exact) mass is 531 g/mol. The van der Waals surface area contributed by atoms with Crippen molar-refractivity contribution in [2.24, 2.45) is 0 Å². The number of nitriles is 1. The second-order valence-electron chi connectivity index (χ2n) is 8.19. The van der Waals surface area contributed by atoms with E-state index in [1.165, 1.54) is 22.1 Å². The first-order valence-corrected chi connectivity index (χ1v) is 12.3. The maximum absolute atomic E-state index is 13.3. The van der Waals surface area contributed by atoms with E-state index in [9.17, 15) is 20.0 Å². The van der Waals surface area contributed by atoms with Crippen molar-refractivity contribution in [1.82, 2.24) is 19.5 Å². The molecule has 0 aliphatic carbocycles. The van der Waals surface area contributed by atoms with E-state index in [2.05, 4.69) is 15.0 Å². The molecule has 1 N–H and O–H groups in total. The molecule has 0 saturated heterocycles. The molecule has 0 saturated carbocycles. The van der Waals surface area contributed by atoms with Crippen LogP contribution >= 0.6 is 22.9 Å². The van der Waals surface area contributed by atoms with Gasteiger partial charge in [0.25, 0.3) is 5.56 Å². The molecule has 0 spiro atoms. The normalized spacial score (nSPS) is 11.1. The number of hydrogen-bond acceptors (Lipinski definition) is 8. The van der Waals surface area contributed by atoms with E-state index in [0.29, 0.717) is 43.6 Å². The van der Waals surface area contributed by atoms with Crippen molar-refractivity contribution in [2.75, 3.05) is 6.61 Å². The van der Waals surface area contributed by atoms with Gasteiger partial charge in [0.2, 0.25) is 0 Å². The molecule has 0 amide bonds. The predicted molar refractivity (Wildman–Crippen MR) is 141 cm³/mol. The number of aromatic carboxylic acids is 1. The lowest BCUT2D eigenvalue weighted by Crippen LogP contribution is -2.27. The van der Waals surface area contributed by atoms with Gasteiger partial charge >= 0.3 is 5.97 Å². The molecule has 184 valence electrons. The van der Waals surface area contributed by atoms with E-state index >= 15 is 0 Å². The van der Waals surface area contributed by atoms with E-state index in [1.807, 2.05) is 6.07 Å². The zero-order valence-corrected chi connectivity index (χ0v) is 21.2. The number of fused-ring (bicyclic) bond motifs is 2. The fraction of sp³-hybridized carbons (Fsp3) is 0.154. The summed E-state index contributed by atoms with van der Waals surface area (Å²) in [6.07, 6.45) is 2.93. The van der Waals surface area contributed by atoms with Crippen LogP contribution in [0.2, 0.25) is 5.02 Å². The van der Waals surface area contributed by atoms with Crippen molar-refractivity contribution in [3.8, 4) is 22.9 Å². The van der Waals surface area contributed by atoms with Gasteiger partial charge in [-0.1, -0.05) is 11.6 Å². The van der Waals surface area contributed by atoms with Crippen LogP contribution in [-0.4, -0.2) is 37.2 Å². The summed E-state index contributed by atoms with van der Waals surface area (Å²) in [5.74, 6) is -0.0544. The molecule has 0 aliphatic rings. The SMILES string of the molecule is Cc1ncc(C#N)c2c(=O)n(CCOc3ccc(Cl)cc3-c3ccnc4c(C(=O)O)csc34)c(C)nc12. The Morgan fingerprint density at radius 2 is 2.03 bits per heavy atom. The van der Waals surface area contributed by atoms with Crippen LogP contribution in [0, 0.1) is 25.2 Å². The summed E-state index contributed by atoms with van der Waals surface area (Å²) in [5.41, 5.74) is 2.76. The van der Waals surface area contributed by atoms with Crippen LogP contribution < -0.4 is 10.3 Å². The van der Waals surface area contributed by atoms with Gasteiger partial charge in [0, 0.05) is 33.9 Å². The van der Waals surface area contributed by atoms with Gasteiger partial charge in [-0.2, -0.15) is 5.26 Å². The molecular formula is C26H18ClN5O4S. The van der Waals surface area contributed by atoms with Crippen LogP contribution in [0.1, 0.15) is 27.4 Å². The zero-order valence-electron chi connectivity index (χ0n) is 19.6. The number of carbonyl (C=O) groups is 1. The molecule has 0 aliphatic heterocycles. The highest BCUT2D eigenvalue weighted by Crippen LogP contribution is 2.39. The van der Waals surface area contributed by atoms with E-state index in [1.54, 1.807) is 49.7 Å². The highest BCUT2D eigenvalue weighted by molar-refractivity contribution is 7.18. The summed E-state index contributed by atoms with van der Waals surface area (Å²) >= 11 is 7.58. The van der Waals surface area contributed by atoms with Gasteiger partial charge in [0.1, 0.15) is 29.8 Å². The molecule has 9 nitrogen and oxygen atoms in total. The molecule has 5 rings (SSSR count). The van der Waals surface area contributed by atoms with Crippen molar-refractivity contribution in [3.05, 3.63) is 80.1 Å². The fourth-order valence-corrected chi connectivity index (χ4v) is 5.38. The quantitative estimate of drug-likeness (QED) is 0.324. The Labute approximate surface area is 219 Å². The van der Waals surface area contributed by atoms with Gasteiger partial charge in [-0.05, 0) is 38.1 Å². The summed E-state index contributed by atoms with van der Waals surface area (Å²) in [4.78, 5) is 37.8. The molecule has 5 aromatic rings. The number of aromatic nitrogens is 4. The second-order valence-corrected chi connectivity index (χ2v) is 9.50. The third-order valence-corrected chi connectivity index (χ3v) is 7.21. The van der Waals surface area contributed by atoms with Crippen LogP contribution in [0.5, 0.6) is 5.75 Å². The van der Waals surface area contributed by atoms with Crippen molar-refractivity contribution in [1.29, 1.82) is 5.26 Å². The van der Waals surface area contributed by atoms with Crippen molar-refractivity contribution in [2.45, 2.75) is 20.4 Å². The Balaban J connectivity index is 1.50. The van der Waals surface area contributed by atoms with Crippen molar-refractivity contribution >= 4 is 50.0 Å². The topological polar surface area (TPSA) is 131 Å². The number of nitrogens with zero attached hydrogens (tertiary/aromatic N) is 5. The van der Waals surface area contributed by atoms with Crippen molar-refractivity contribution < 1.29 is 14.6 Å². The summed E-state index contributed by atoms with van der Waals surface area (Å²) in [7, 11) is 0. The summed E-state index contributed by atoms with van der Waals surface area (Å²) < 4.78 is 8.27. The second kappa shape index (κ2) is 9.61. The summed E-state index contributed by atoms with van der Waals surface area (Å²) in [5, 5.41) is 21.2. The fourth-order valence-electron chi connectivity index (χ4n) is 4.18. The van der Waals surface area contributed by atoms with Gasteiger partial charge in [-0.3, -0.25) is 19.3 Å². The summed E-state index contributed by atoms with van der Waals surface area (Å²) in [6, 6.07) is 8.97. The Hall–Kier alpha value is -4.33. The smallest absolute Gasteiger partial charge is 0.338 e. The zero-order chi connectivity index (χ0) is 26.3. The number of thiophene rings is 1. The van der Waals surface area contributed by atoms with E-state index in [-0.39, 0.29) is 35.2 Å². The highest BCUT2D eigenvalue weighted by Gasteiger charge is 2.19. The number of aryl methyl sites for hydroxylation is 2. The molecular weight excluding hydrogens is 514 g/mol. The molecule has 0 radical (unpaired) electrons. The van der Waals surface area contributed by atoms with Crippen LogP contribution in [0.15, 0.2) is 46.8 Å². The number of pyridine rings is 2. The molecule has 4 heterocycles. The molecule has 37 heavy (non-hydrogen) atoms. The van der Waals surface area contributed by atoms with E-state index in [0.717, 1.165) is 5.56 Å². The Morgan fingerprint density at radius 1 is 1.22 bits per heavy atom. The minimum atomic E-state index is -1.05. The molecule has 4 aromatic heterocycles. The van der Waals surface area contributed by atoms with Gasteiger partial charge in [0.05, 0.1) is 39.0 Å². The average Bonchev–Trinajstić information content (AvgIpc) is 3.32. The highest BCUT2D eigenvalue weighted by atomic mass is 35.5. The number of hydrogen-bond donors (Lipinski definition) is 1. The molecule has 0 unspecified atom stereocenters. The minimum absolute atomic E-state index is 0.132. The van der Waals surface area contributed by atoms with Gasteiger partial charge in [-0.25, -0.2) is 9.78 Å². The molecule has 1 aromatic carbocycles. The Morgan fingerprint density at radius 3 is 2.78 bits per heavy atom. The predicted octanol–water partition coefficient (Wildman–Crippen LogP) is 4.99. The van der Waals surface area contributed by atoms with E-state index in [4.69, 9.17) is 16.3 Å².